The Balaban J connectivity index is 2.25. The van der Waals surface area contributed by atoms with Crippen LogP contribution in [0.3, 0.4) is 0 Å². The van der Waals surface area contributed by atoms with Gasteiger partial charge in [-0.1, -0.05) is 0 Å². The lowest BCUT2D eigenvalue weighted by molar-refractivity contribution is 0.592. The Morgan fingerprint density at radius 1 is 1.44 bits per heavy atom. The van der Waals surface area contributed by atoms with Gasteiger partial charge in [0, 0.05) is 12.2 Å². The SMILES string of the molecule is Cc1cc(NS(=O)(=O)c2cn(C(C)C)cn2)sn1. The van der Waals surface area contributed by atoms with Gasteiger partial charge in [-0.15, -0.1) is 0 Å². The Morgan fingerprint density at radius 2 is 2.17 bits per heavy atom. The molecule has 0 aliphatic carbocycles. The van der Waals surface area contributed by atoms with Crippen molar-refractivity contribution in [1.29, 1.82) is 0 Å². The molecule has 0 radical (unpaired) electrons. The zero-order chi connectivity index (χ0) is 13.3. The summed E-state index contributed by atoms with van der Waals surface area (Å²) in [4.78, 5) is 3.91. The highest BCUT2D eigenvalue weighted by Crippen LogP contribution is 2.20. The second-order valence-corrected chi connectivity index (χ2v) is 6.63. The maximum absolute atomic E-state index is 12.0. The molecule has 0 bridgehead atoms. The van der Waals surface area contributed by atoms with Crippen molar-refractivity contribution in [3.05, 3.63) is 24.3 Å². The Hall–Kier alpha value is -1.41. The van der Waals surface area contributed by atoms with Gasteiger partial charge in [-0.05, 0) is 38.4 Å². The van der Waals surface area contributed by atoms with Crippen LogP contribution in [0.4, 0.5) is 5.00 Å². The van der Waals surface area contributed by atoms with Crippen molar-refractivity contribution >= 4 is 26.6 Å². The highest BCUT2D eigenvalue weighted by molar-refractivity contribution is 7.92. The molecule has 0 aromatic carbocycles. The highest BCUT2D eigenvalue weighted by Gasteiger charge is 2.19. The van der Waals surface area contributed by atoms with Crippen LogP contribution in [0.1, 0.15) is 25.6 Å². The van der Waals surface area contributed by atoms with Gasteiger partial charge in [0.2, 0.25) is 0 Å². The largest absolute Gasteiger partial charge is 0.334 e. The maximum Gasteiger partial charge on any atom is 0.281 e. The summed E-state index contributed by atoms with van der Waals surface area (Å²) < 4.78 is 32.3. The molecule has 2 aromatic heterocycles. The van der Waals surface area contributed by atoms with Crippen LogP contribution in [0.15, 0.2) is 23.6 Å². The molecular weight excluding hydrogens is 272 g/mol. The minimum atomic E-state index is -3.62. The number of hydrogen-bond acceptors (Lipinski definition) is 5. The number of anilines is 1. The van der Waals surface area contributed by atoms with Crippen LogP contribution < -0.4 is 4.72 Å². The van der Waals surface area contributed by atoms with E-state index in [1.165, 1.54) is 12.5 Å². The van der Waals surface area contributed by atoms with E-state index in [0.717, 1.165) is 17.2 Å². The molecule has 2 rings (SSSR count). The molecule has 6 nitrogen and oxygen atoms in total. The predicted octanol–water partition coefficient (Wildman–Crippen LogP) is 2.03. The molecule has 0 unspecified atom stereocenters. The van der Waals surface area contributed by atoms with E-state index >= 15 is 0 Å². The van der Waals surface area contributed by atoms with E-state index in [2.05, 4.69) is 14.1 Å². The zero-order valence-corrected chi connectivity index (χ0v) is 11.9. The fourth-order valence-corrected chi connectivity index (χ4v) is 3.21. The van der Waals surface area contributed by atoms with Crippen LogP contribution in [-0.4, -0.2) is 22.3 Å². The average Bonchev–Trinajstić information content (AvgIpc) is 2.86. The van der Waals surface area contributed by atoms with Gasteiger partial charge in [-0.2, -0.15) is 12.8 Å². The van der Waals surface area contributed by atoms with Gasteiger partial charge >= 0.3 is 0 Å². The van der Waals surface area contributed by atoms with Crippen molar-refractivity contribution in [3.63, 3.8) is 0 Å². The summed E-state index contributed by atoms with van der Waals surface area (Å²) in [5.41, 5.74) is 0.783. The number of aryl methyl sites for hydroxylation is 1. The number of imidazole rings is 1. The molecule has 1 N–H and O–H groups in total. The normalized spacial score (nSPS) is 12.0. The minimum Gasteiger partial charge on any atom is -0.334 e. The summed E-state index contributed by atoms with van der Waals surface area (Å²) in [5, 5.41) is 0.508. The first-order valence-electron chi connectivity index (χ1n) is 5.38. The number of sulfonamides is 1. The summed E-state index contributed by atoms with van der Waals surface area (Å²) in [7, 11) is -3.62. The topological polar surface area (TPSA) is 76.9 Å². The van der Waals surface area contributed by atoms with E-state index in [9.17, 15) is 8.42 Å². The van der Waals surface area contributed by atoms with E-state index in [1.807, 2.05) is 20.8 Å². The Kier molecular flexibility index (Phi) is 3.40. The van der Waals surface area contributed by atoms with Crippen LogP contribution in [-0.2, 0) is 10.0 Å². The summed E-state index contributed by atoms with van der Waals surface area (Å²) in [6, 6.07) is 1.86. The van der Waals surface area contributed by atoms with Gasteiger partial charge in [0.05, 0.1) is 12.0 Å². The van der Waals surface area contributed by atoms with Crippen LogP contribution in [0, 0.1) is 6.92 Å². The molecule has 0 fully saturated rings. The first-order valence-corrected chi connectivity index (χ1v) is 7.64. The monoisotopic (exact) mass is 286 g/mol. The number of nitrogens with one attached hydrogen (secondary N) is 1. The molecule has 98 valence electrons. The van der Waals surface area contributed by atoms with E-state index in [1.54, 1.807) is 10.6 Å². The van der Waals surface area contributed by atoms with Crippen LogP contribution in [0.2, 0.25) is 0 Å². The molecule has 2 aromatic rings. The third-order valence-electron chi connectivity index (χ3n) is 2.31. The number of nitrogens with zero attached hydrogens (tertiary/aromatic N) is 3. The molecule has 0 saturated carbocycles. The second-order valence-electron chi connectivity index (χ2n) is 4.19. The zero-order valence-electron chi connectivity index (χ0n) is 10.3. The molecular formula is C10H14N4O2S2. The van der Waals surface area contributed by atoms with Gasteiger partial charge in [0.15, 0.2) is 5.03 Å². The molecule has 0 atom stereocenters. The number of aromatic nitrogens is 3. The van der Waals surface area contributed by atoms with Crippen molar-refractivity contribution < 1.29 is 8.42 Å². The molecule has 0 aliphatic rings. The molecule has 0 amide bonds. The fraction of sp³-hybridized carbons (Fsp3) is 0.400. The van der Waals surface area contributed by atoms with E-state index in [0.29, 0.717) is 5.00 Å². The van der Waals surface area contributed by atoms with Crippen molar-refractivity contribution in [2.75, 3.05) is 4.72 Å². The van der Waals surface area contributed by atoms with Gasteiger partial charge in [-0.3, -0.25) is 4.72 Å². The van der Waals surface area contributed by atoms with Crippen LogP contribution in [0.5, 0.6) is 0 Å². The second kappa shape index (κ2) is 4.69. The van der Waals surface area contributed by atoms with Gasteiger partial charge in [-0.25, -0.2) is 4.98 Å². The standard InChI is InChI=1S/C10H14N4O2S2/c1-7(2)14-5-10(11-6-14)18(15,16)13-9-4-8(3)12-17-9/h4-7,13H,1-3H3. The van der Waals surface area contributed by atoms with Crippen molar-refractivity contribution in [2.24, 2.45) is 0 Å². The van der Waals surface area contributed by atoms with Crippen LogP contribution >= 0.6 is 11.5 Å². The lowest BCUT2D eigenvalue weighted by atomic mass is 10.4. The van der Waals surface area contributed by atoms with Gasteiger partial charge in [0.1, 0.15) is 5.00 Å². The summed E-state index contributed by atoms with van der Waals surface area (Å²) in [6.45, 7) is 5.72. The first-order chi connectivity index (χ1) is 8.38. The van der Waals surface area contributed by atoms with Crippen molar-refractivity contribution in [1.82, 2.24) is 13.9 Å². The summed E-state index contributed by atoms with van der Waals surface area (Å²) in [5.74, 6) is 0. The van der Waals surface area contributed by atoms with Gasteiger partial charge in [0.25, 0.3) is 10.0 Å². The Bertz CT molecular complexity index is 642. The lowest BCUT2D eigenvalue weighted by Gasteiger charge is -2.04. The Morgan fingerprint density at radius 3 is 2.67 bits per heavy atom. The predicted molar refractivity (Wildman–Crippen MR) is 70.3 cm³/mol. The minimum absolute atomic E-state index is 0.0160. The first kappa shape index (κ1) is 13.0. The molecule has 0 aliphatic heterocycles. The quantitative estimate of drug-likeness (QED) is 0.933. The summed E-state index contributed by atoms with van der Waals surface area (Å²) in [6.07, 6.45) is 3.03. The van der Waals surface area contributed by atoms with Gasteiger partial charge < -0.3 is 4.57 Å². The summed E-state index contributed by atoms with van der Waals surface area (Å²) >= 11 is 1.11. The van der Waals surface area contributed by atoms with E-state index in [4.69, 9.17) is 0 Å². The molecule has 18 heavy (non-hydrogen) atoms. The Labute approximate surface area is 110 Å². The molecule has 8 heteroatoms. The van der Waals surface area contributed by atoms with E-state index < -0.39 is 10.0 Å². The third-order valence-corrected chi connectivity index (χ3v) is 4.49. The van der Waals surface area contributed by atoms with Crippen molar-refractivity contribution in [2.45, 2.75) is 31.8 Å². The number of rotatable bonds is 4. The highest BCUT2D eigenvalue weighted by atomic mass is 32.2. The van der Waals surface area contributed by atoms with Crippen molar-refractivity contribution in [3.8, 4) is 0 Å². The van der Waals surface area contributed by atoms with E-state index in [-0.39, 0.29) is 11.1 Å². The third kappa shape index (κ3) is 2.70. The fourth-order valence-electron chi connectivity index (χ4n) is 1.34. The molecule has 2 heterocycles. The average molecular weight is 286 g/mol. The lowest BCUT2D eigenvalue weighted by Crippen LogP contribution is -2.12. The maximum atomic E-state index is 12.0. The van der Waals surface area contributed by atoms with Crippen LogP contribution in [0.25, 0.3) is 0 Å². The number of hydrogen-bond donors (Lipinski definition) is 1. The molecule has 0 saturated heterocycles. The smallest absolute Gasteiger partial charge is 0.281 e. The molecule has 0 spiro atoms.